The van der Waals surface area contributed by atoms with Crippen molar-refractivity contribution in [1.29, 1.82) is 0 Å². The Morgan fingerprint density at radius 1 is 0.543 bits per heavy atom. The van der Waals surface area contributed by atoms with Crippen LogP contribution >= 0.6 is 0 Å². The molecule has 0 aliphatic carbocycles. The first kappa shape index (κ1) is 26.4. The molecule has 0 saturated heterocycles. The van der Waals surface area contributed by atoms with E-state index in [1.807, 2.05) is 36.4 Å². The van der Waals surface area contributed by atoms with E-state index in [-0.39, 0.29) is 22.4 Å². The van der Waals surface area contributed by atoms with Gasteiger partial charge in [-0.1, -0.05) is 95.1 Å². The van der Waals surface area contributed by atoms with E-state index >= 15 is 0 Å². The molecule has 1 heterocycles. The van der Waals surface area contributed by atoms with Gasteiger partial charge >= 0.3 is 0 Å². The van der Waals surface area contributed by atoms with Crippen molar-refractivity contribution in [1.82, 2.24) is 0 Å². The average Bonchev–Trinajstić information content (AvgIpc) is 3.34. The standard InChI is InChI=1S/C16H18N.C15H13N2.Au/c1-11-5-7-15(13(3)9-11)17-16-8-6-12(2)10-14(16)4;1-3-7-14(8-4-1)16-11-12-17(13-16)15-9-5-2-6-10-15;/h5-10H,1-4H3;1-13H;/q2*-1;. The number of anilines is 2. The largest absolute Gasteiger partial charge is 0.657 e. The van der Waals surface area contributed by atoms with Crippen LogP contribution < -0.4 is 9.80 Å². The number of rotatable bonds is 4. The number of para-hydroxylation sites is 2. The second-order valence-corrected chi connectivity index (χ2v) is 8.59. The maximum atomic E-state index is 4.72. The molecule has 0 spiro atoms. The van der Waals surface area contributed by atoms with Gasteiger partial charge in [-0.2, -0.15) is 0 Å². The smallest absolute Gasteiger partial charge is 0.0124 e. The van der Waals surface area contributed by atoms with E-state index in [2.05, 4.69) is 117 Å². The zero-order chi connectivity index (χ0) is 23.9. The Kier molecular flexibility index (Phi) is 9.39. The zero-order valence-electron chi connectivity index (χ0n) is 20.6. The first-order valence-corrected chi connectivity index (χ1v) is 11.6. The molecule has 0 amide bonds. The second-order valence-electron chi connectivity index (χ2n) is 8.59. The Balaban J connectivity index is 0.000000190. The van der Waals surface area contributed by atoms with Gasteiger partial charge in [0.1, 0.15) is 0 Å². The molecule has 0 unspecified atom stereocenters. The van der Waals surface area contributed by atoms with E-state index in [0.717, 1.165) is 11.4 Å². The third-order valence-electron chi connectivity index (χ3n) is 5.69. The molecule has 0 saturated carbocycles. The van der Waals surface area contributed by atoms with Crippen molar-refractivity contribution >= 4 is 22.7 Å². The van der Waals surface area contributed by atoms with Gasteiger partial charge in [-0.15, -0.1) is 18.0 Å². The molecule has 1 aliphatic rings. The number of benzene rings is 4. The molecule has 4 aromatic rings. The van der Waals surface area contributed by atoms with Crippen LogP contribution in [0.3, 0.4) is 0 Å². The fourth-order valence-corrected chi connectivity index (χ4v) is 3.85. The average molecular weight is 643 g/mol. The summed E-state index contributed by atoms with van der Waals surface area (Å²) in [6.45, 7) is 10.5. The first-order valence-electron chi connectivity index (χ1n) is 11.6. The Labute approximate surface area is 225 Å². The van der Waals surface area contributed by atoms with Crippen LogP contribution in [-0.4, -0.2) is 0 Å². The van der Waals surface area contributed by atoms with Crippen molar-refractivity contribution in [3.63, 3.8) is 0 Å². The maximum Gasteiger partial charge on any atom is 0.0124 e. The van der Waals surface area contributed by atoms with Crippen molar-refractivity contribution in [2.24, 2.45) is 0 Å². The van der Waals surface area contributed by atoms with Crippen molar-refractivity contribution in [2.45, 2.75) is 27.7 Å². The summed E-state index contributed by atoms with van der Waals surface area (Å²) in [4.78, 5) is 4.21. The Morgan fingerprint density at radius 3 is 1.31 bits per heavy atom. The Hall–Kier alpha value is -3.24. The summed E-state index contributed by atoms with van der Waals surface area (Å²) in [5, 5.41) is 4.72. The molecule has 0 bridgehead atoms. The van der Waals surface area contributed by atoms with Crippen molar-refractivity contribution < 1.29 is 22.4 Å². The number of nitrogens with zero attached hydrogens (tertiary/aromatic N) is 3. The Morgan fingerprint density at radius 2 is 0.943 bits per heavy atom. The molecular formula is C31H31AuN3-2. The maximum absolute atomic E-state index is 4.72. The third kappa shape index (κ3) is 7.12. The van der Waals surface area contributed by atoms with Crippen molar-refractivity contribution in [3.05, 3.63) is 144 Å². The number of hydrogen-bond acceptors (Lipinski definition) is 2. The summed E-state index contributed by atoms with van der Waals surface area (Å²) in [6.07, 6.45) is 4.12. The minimum atomic E-state index is 0. The molecule has 3 nitrogen and oxygen atoms in total. The molecule has 4 heteroatoms. The van der Waals surface area contributed by atoms with Crippen LogP contribution in [0.1, 0.15) is 22.3 Å². The topological polar surface area (TPSA) is 20.6 Å². The minimum Gasteiger partial charge on any atom is -0.657 e. The molecule has 1 radical (unpaired) electrons. The van der Waals surface area contributed by atoms with Crippen molar-refractivity contribution in [3.8, 4) is 0 Å². The fourth-order valence-electron chi connectivity index (χ4n) is 3.85. The third-order valence-corrected chi connectivity index (χ3v) is 5.69. The van der Waals surface area contributed by atoms with Gasteiger partial charge in [0.05, 0.1) is 0 Å². The van der Waals surface area contributed by atoms with Crippen LogP contribution in [0.2, 0.25) is 0 Å². The van der Waals surface area contributed by atoms with Crippen LogP contribution in [0.15, 0.2) is 109 Å². The Bertz CT molecular complexity index is 1160. The summed E-state index contributed by atoms with van der Waals surface area (Å²) in [5.74, 6) is 0. The predicted octanol–water partition coefficient (Wildman–Crippen LogP) is 8.86. The SMILES string of the molecule is C1=CN(c2ccccc2)[CH-]N1c1ccccc1.Cc1ccc([N-]c2ccc(C)cc2C)c(C)c1.[Au]. The number of hydrogen-bond donors (Lipinski definition) is 0. The molecule has 0 fully saturated rings. The number of aryl methyl sites for hydroxylation is 4. The summed E-state index contributed by atoms with van der Waals surface area (Å²) in [5.41, 5.74) is 9.47. The van der Waals surface area contributed by atoms with E-state index < -0.39 is 0 Å². The molecule has 0 aromatic heterocycles. The quantitative estimate of drug-likeness (QED) is 0.164. The molecular weight excluding hydrogens is 611 g/mol. The van der Waals surface area contributed by atoms with Gasteiger partial charge in [-0.3, -0.25) is 0 Å². The van der Waals surface area contributed by atoms with Gasteiger partial charge < -0.3 is 15.1 Å². The van der Waals surface area contributed by atoms with Gasteiger partial charge in [-0.25, -0.2) is 0 Å². The molecule has 1 aliphatic heterocycles. The van der Waals surface area contributed by atoms with Gasteiger partial charge in [-0.05, 0) is 64.4 Å². The molecule has 0 atom stereocenters. The predicted molar refractivity (Wildman–Crippen MR) is 146 cm³/mol. The van der Waals surface area contributed by atoms with E-state index in [1.165, 1.54) is 33.6 Å². The molecule has 35 heavy (non-hydrogen) atoms. The summed E-state index contributed by atoms with van der Waals surface area (Å²) >= 11 is 0. The van der Waals surface area contributed by atoms with E-state index in [1.54, 1.807) is 0 Å². The molecule has 0 N–H and O–H groups in total. The van der Waals surface area contributed by atoms with Gasteiger partial charge in [0.25, 0.3) is 0 Å². The molecule has 183 valence electrons. The van der Waals surface area contributed by atoms with Crippen LogP contribution in [-0.2, 0) is 22.4 Å². The van der Waals surface area contributed by atoms with Crippen LogP contribution in [0.25, 0.3) is 5.32 Å². The van der Waals surface area contributed by atoms with Crippen LogP contribution in [0.4, 0.5) is 22.7 Å². The fraction of sp³-hybridized carbons (Fsp3) is 0.129. The van der Waals surface area contributed by atoms with E-state index in [9.17, 15) is 0 Å². The van der Waals surface area contributed by atoms with E-state index in [4.69, 9.17) is 5.32 Å². The van der Waals surface area contributed by atoms with Gasteiger partial charge in [0.15, 0.2) is 0 Å². The second kappa shape index (κ2) is 12.5. The molecule has 5 rings (SSSR count). The molecule has 4 aromatic carbocycles. The van der Waals surface area contributed by atoms with Crippen LogP contribution in [0.5, 0.6) is 0 Å². The summed E-state index contributed by atoms with van der Waals surface area (Å²) < 4.78 is 0. The zero-order valence-corrected chi connectivity index (χ0v) is 22.8. The van der Waals surface area contributed by atoms with Crippen LogP contribution in [0, 0.1) is 34.4 Å². The monoisotopic (exact) mass is 642 g/mol. The van der Waals surface area contributed by atoms with Crippen molar-refractivity contribution in [2.75, 3.05) is 9.80 Å². The minimum absolute atomic E-state index is 0. The van der Waals surface area contributed by atoms with E-state index in [0.29, 0.717) is 0 Å². The summed E-state index contributed by atoms with van der Waals surface area (Å²) in [7, 11) is 0. The van der Waals surface area contributed by atoms with Gasteiger partial charge in [0.2, 0.25) is 0 Å². The first-order chi connectivity index (χ1) is 16.5. The normalized spacial score (nSPS) is 12.0. The van der Waals surface area contributed by atoms with Gasteiger partial charge in [0, 0.05) is 33.8 Å². The summed E-state index contributed by atoms with van der Waals surface area (Å²) in [6, 6.07) is 33.3.